The molecule has 0 spiro atoms. The molecule has 0 radical (unpaired) electrons. The molecule has 0 aromatic heterocycles. The minimum absolute atomic E-state index is 0.137. The summed E-state index contributed by atoms with van der Waals surface area (Å²) >= 11 is 0. The van der Waals surface area contributed by atoms with Crippen LogP contribution in [0.1, 0.15) is 19.4 Å². The topological polar surface area (TPSA) is 38.8 Å². The van der Waals surface area contributed by atoms with Crippen molar-refractivity contribution in [2.24, 2.45) is 0 Å². The summed E-state index contributed by atoms with van der Waals surface area (Å²) in [5, 5.41) is 0. The molecule has 1 atom stereocenters. The summed E-state index contributed by atoms with van der Waals surface area (Å²) in [5.41, 5.74) is 1.02. The van der Waals surface area contributed by atoms with Gasteiger partial charge in [-0.15, -0.1) is 0 Å². The maximum atomic E-state index is 12.2. The fraction of sp³-hybridized carbons (Fsp3) is 0.533. The summed E-state index contributed by atoms with van der Waals surface area (Å²) in [5.74, 6) is 1.01. The van der Waals surface area contributed by atoms with Crippen LogP contribution in [0.5, 0.6) is 5.75 Å². The molecule has 0 saturated carbocycles. The van der Waals surface area contributed by atoms with Gasteiger partial charge in [0.25, 0.3) is 0 Å². The lowest BCUT2D eigenvalue weighted by Gasteiger charge is -2.31. The average Bonchev–Trinajstić information content (AvgIpc) is 2.41. The first kappa shape index (κ1) is 13.9. The Morgan fingerprint density at radius 1 is 1.42 bits per heavy atom. The molecule has 1 aliphatic rings. The van der Waals surface area contributed by atoms with E-state index in [9.17, 15) is 4.79 Å². The smallest absolute Gasteiger partial charge is 0.227 e. The molecular formula is C15H21NO3. The molecule has 2 rings (SSSR count). The van der Waals surface area contributed by atoms with E-state index in [4.69, 9.17) is 9.47 Å². The fourth-order valence-electron chi connectivity index (χ4n) is 2.20. The van der Waals surface area contributed by atoms with Crippen molar-refractivity contribution in [1.82, 2.24) is 4.90 Å². The zero-order valence-corrected chi connectivity index (χ0v) is 11.6. The Labute approximate surface area is 114 Å². The van der Waals surface area contributed by atoms with Crippen LogP contribution in [-0.2, 0) is 16.0 Å². The van der Waals surface area contributed by atoms with Gasteiger partial charge in [0, 0.05) is 13.1 Å². The Morgan fingerprint density at radius 3 is 2.79 bits per heavy atom. The molecule has 0 N–H and O–H groups in total. The predicted octanol–water partition coefficient (Wildman–Crippen LogP) is 1.88. The van der Waals surface area contributed by atoms with Gasteiger partial charge < -0.3 is 14.4 Å². The second-order valence-corrected chi connectivity index (χ2v) is 4.77. The lowest BCUT2D eigenvalue weighted by Crippen LogP contribution is -2.45. The third kappa shape index (κ3) is 3.96. The first-order chi connectivity index (χ1) is 9.19. The van der Waals surface area contributed by atoms with Crippen LogP contribution in [0.15, 0.2) is 24.3 Å². The number of hydrogen-bond donors (Lipinski definition) is 0. The number of ether oxygens (including phenoxy) is 2. The Morgan fingerprint density at radius 2 is 2.16 bits per heavy atom. The van der Waals surface area contributed by atoms with Crippen molar-refractivity contribution in [1.29, 1.82) is 0 Å². The van der Waals surface area contributed by atoms with E-state index in [1.807, 2.05) is 43.0 Å². The molecule has 0 bridgehead atoms. The van der Waals surface area contributed by atoms with Crippen LogP contribution >= 0.6 is 0 Å². The molecule has 1 aromatic rings. The zero-order valence-electron chi connectivity index (χ0n) is 11.6. The molecule has 4 heteroatoms. The van der Waals surface area contributed by atoms with Crippen molar-refractivity contribution in [2.45, 2.75) is 26.4 Å². The Bertz CT molecular complexity index is 416. The van der Waals surface area contributed by atoms with Crippen LogP contribution in [0.2, 0.25) is 0 Å². The van der Waals surface area contributed by atoms with Gasteiger partial charge in [-0.05, 0) is 31.5 Å². The largest absolute Gasteiger partial charge is 0.494 e. The molecule has 1 fully saturated rings. The molecule has 1 unspecified atom stereocenters. The van der Waals surface area contributed by atoms with Gasteiger partial charge in [0.15, 0.2) is 0 Å². The van der Waals surface area contributed by atoms with E-state index < -0.39 is 0 Å². The maximum absolute atomic E-state index is 12.2. The second-order valence-electron chi connectivity index (χ2n) is 4.77. The SMILES string of the molecule is CCOc1ccc(CC(=O)N2CCOC(C)C2)cc1. The molecule has 4 nitrogen and oxygen atoms in total. The zero-order chi connectivity index (χ0) is 13.7. The number of carbonyl (C=O) groups excluding carboxylic acids is 1. The van der Waals surface area contributed by atoms with Crippen molar-refractivity contribution >= 4 is 5.91 Å². The minimum Gasteiger partial charge on any atom is -0.494 e. The van der Waals surface area contributed by atoms with Crippen molar-refractivity contribution < 1.29 is 14.3 Å². The van der Waals surface area contributed by atoms with Crippen molar-refractivity contribution in [3.8, 4) is 5.75 Å². The highest BCUT2D eigenvalue weighted by Gasteiger charge is 2.21. The predicted molar refractivity (Wildman–Crippen MR) is 73.3 cm³/mol. The highest BCUT2D eigenvalue weighted by molar-refractivity contribution is 5.78. The van der Waals surface area contributed by atoms with Gasteiger partial charge >= 0.3 is 0 Å². The molecule has 19 heavy (non-hydrogen) atoms. The van der Waals surface area contributed by atoms with Crippen molar-refractivity contribution in [3.05, 3.63) is 29.8 Å². The number of rotatable bonds is 4. The lowest BCUT2D eigenvalue weighted by molar-refractivity contribution is -0.137. The van der Waals surface area contributed by atoms with Gasteiger partial charge in [-0.3, -0.25) is 4.79 Å². The highest BCUT2D eigenvalue weighted by atomic mass is 16.5. The Kier molecular flexibility index (Phi) is 4.80. The molecule has 1 aromatic carbocycles. The van der Waals surface area contributed by atoms with Crippen molar-refractivity contribution in [2.75, 3.05) is 26.3 Å². The van der Waals surface area contributed by atoms with Gasteiger partial charge in [0.05, 0.1) is 25.7 Å². The summed E-state index contributed by atoms with van der Waals surface area (Å²) in [6.45, 7) is 6.63. The molecule has 1 heterocycles. The van der Waals surface area contributed by atoms with Crippen LogP contribution in [0.25, 0.3) is 0 Å². The summed E-state index contributed by atoms with van der Waals surface area (Å²) in [6.07, 6.45) is 0.581. The van der Waals surface area contributed by atoms with E-state index in [1.165, 1.54) is 0 Å². The van der Waals surface area contributed by atoms with Gasteiger partial charge in [0.1, 0.15) is 5.75 Å². The summed E-state index contributed by atoms with van der Waals surface area (Å²) in [6, 6.07) is 7.72. The number of nitrogens with zero attached hydrogens (tertiary/aromatic N) is 1. The summed E-state index contributed by atoms with van der Waals surface area (Å²) in [4.78, 5) is 14.0. The van der Waals surface area contributed by atoms with Gasteiger partial charge in [-0.1, -0.05) is 12.1 Å². The molecule has 0 aliphatic carbocycles. The van der Waals surface area contributed by atoms with Crippen LogP contribution < -0.4 is 4.74 Å². The van der Waals surface area contributed by atoms with Crippen LogP contribution in [0.4, 0.5) is 0 Å². The maximum Gasteiger partial charge on any atom is 0.227 e. The summed E-state index contributed by atoms with van der Waals surface area (Å²) in [7, 11) is 0. The third-order valence-corrected chi connectivity index (χ3v) is 3.18. The first-order valence-electron chi connectivity index (χ1n) is 6.80. The molecule has 1 amide bonds. The van der Waals surface area contributed by atoms with Crippen LogP contribution in [-0.4, -0.2) is 43.2 Å². The van der Waals surface area contributed by atoms with E-state index >= 15 is 0 Å². The quantitative estimate of drug-likeness (QED) is 0.832. The standard InChI is InChI=1S/C15H21NO3/c1-3-18-14-6-4-13(5-7-14)10-15(17)16-8-9-19-12(2)11-16/h4-7,12H,3,8-11H2,1-2H3. The number of benzene rings is 1. The first-order valence-corrected chi connectivity index (χ1v) is 6.80. The molecule has 1 saturated heterocycles. The van der Waals surface area contributed by atoms with Gasteiger partial charge in [-0.25, -0.2) is 0 Å². The Balaban J connectivity index is 1.90. The van der Waals surface area contributed by atoms with E-state index in [0.717, 1.165) is 11.3 Å². The monoisotopic (exact) mass is 263 g/mol. The van der Waals surface area contributed by atoms with E-state index in [-0.39, 0.29) is 12.0 Å². The van der Waals surface area contributed by atoms with E-state index in [1.54, 1.807) is 0 Å². The summed E-state index contributed by atoms with van der Waals surface area (Å²) < 4.78 is 10.8. The minimum atomic E-state index is 0.137. The molecular weight excluding hydrogens is 242 g/mol. The number of amides is 1. The second kappa shape index (κ2) is 6.57. The van der Waals surface area contributed by atoms with Gasteiger partial charge in [-0.2, -0.15) is 0 Å². The van der Waals surface area contributed by atoms with Crippen LogP contribution in [0.3, 0.4) is 0 Å². The number of hydrogen-bond acceptors (Lipinski definition) is 3. The third-order valence-electron chi connectivity index (χ3n) is 3.18. The lowest BCUT2D eigenvalue weighted by atomic mass is 10.1. The molecule has 1 aliphatic heterocycles. The average molecular weight is 263 g/mol. The van der Waals surface area contributed by atoms with Crippen LogP contribution in [0, 0.1) is 0 Å². The normalized spacial score (nSPS) is 19.3. The number of carbonyl (C=O) groups is 1. The molecule has 104 valence electrons. The van der Waals surface area contributed by atoms with E-state index in [0.29, 0.717) is 32.7 Å². The fourth-order valence-corrected chi connectivity index (χ4v) is 2.20. The van der Waals surface area contributed by atoms with Crippen molar-refractivity contribution in [3.63, 3.8) is 0 Å². The highest BCUT2D eigenvalue weighted by Crippen LogP contribution is 2.14. The Hall–Kier alpha value is -1.55. The van der Waals surface area contributed by atoms with E-state index in [2.05, 4.69) is 0 Å². The number of morpholine rings is 1. The van der Waals surface area contributed by atoms with Gasteiger partial charge in [0.2, 0.25) is 5.91 Å².